The van der Waals surface area contributed by atoms with E-state index in [1.807, 2.05) is 25.1 Å². The van der Waals surface area contributed by atoms with Crippen molar-refractivity contribution >= 4 is 21.8 Å². The van der Waals surface area contributed by atoms with E-state index in [1.54, 1.807) is 4.90 Å². The molecule has 4 rings (SSSR count). The van der Waals surface area contributed by atoms with Crippen LogP contribution in [0.2, 0.25) is 0 Å². The number of aryl methyl sites for hydroxylation is 1. The SMILES string of the molecule is Cc1cccc2c1N(C1CCN(S(=O)(=O)C3C=CC(OC(F)(F)F)=CC3)CC1)C(=O)OC2. The first kappa shape index (κ1) is 22.7. The predicted molar refractivity (Wildman–Crippen MR) is 110 cm³/mol. The molecule has 0 saturated carbocycles. The lowest BCUT2D eigenvalue weighted by molar-refractivity contribution is -0.303. The molecule has 1 aromatic carbocycles. The fourth-order valence-electron chi connectivity index (χ4n) is 4.37. The fraction of sp³-hybridized carbons (Fsp3) is 0.476. The smallest absolute Gasteiger partial charge is 0.444 e. The van der Waals surface area contributed by atoms with Crippen molar-refractivity contribution in [3.05, 3.63) is 53.3 Å². The zero-order chi connectivity index (χ0) is 23.1. The van der Waals surface area contributed by atoms with Crippen LogP contribution < -0.4 is 4.90 Å². The summed E-state index contributed by atoms with van der Waals surface area (Å²) in [5.41, 5.74) is 2.68. The summed E-state index contributed by atoms with van der Waals surface area (Å²) in [6, 6.07) is 5.52. The van der Waals surface area contributed by atoms with Crippen LogP contribution in [-0.2, 0) is 26.1 Å². The van der Waals surface area contributed by atoms with E-state index in [0.717, 1.165) is 29.0 Å². The van der Waals surface area contributed by atoms with Crippen molar-refractivity contribution in [1.82, 2.24) is 4.31 Å². The molecule has 7 nitrogen and oxygen atoms in total. The van der Waals surface area contributed by atoms with Crippen molar-refractivity contribution in [2.24, 2.45) is 0 Å². The molecule has 0 radical (unpaired) electrons. The number of hydrogen-bond donors (Lipinski definition) is 0. The summed E-state index contributed by atoms with van der Waals surface area (Å²) in [6.07, 6.45) is -1.12. The van der Waals surface area contributed by atoms with Gasteiger partial charge in [-0.1, -0.05) is 24.3 Å². The Balaban J connectivity index is 1.42. The maximum atomic E-state index is 13.0. The number of hydrogen-bond acceptors (Lipinski definition) is 5. The highest BCUT2D eigenvalue weighted by molar-refractivity contribution is 7.89. The number of carbonyl (C=O) groups excluding carboxylic acids is 1. The molecule has 2 aliphatic heterocycles. The van der Waals surface area contributed by atoms with Crippen LogP contribution >= 0.6 is 0 Å². The summed E-state index contributed by atoms with van der Waals surface area (Å²) in [5.74, 6) is -0.416. The summed E-state index contributed by atoms with van der Waals surface area (Å²) >= 11 is 0. The van der Waals surface area contributed by atoms with Gasteiger partial charge in [-0.05, 0) is 43.9 Å². The fourth-order valence-corrected chi connectivity index (χ4v) is 6.09. The van der Waals surface area contributed by atoms with Crippen molar-refractivity contribution in [3.8, 4) is 0 Å². The minimum absolute atomic E-state index is 0.102. The minimum atomic E-state index is -4.82. The van der Waals surface area contributed by atoms with Crippen LogP contribution in [0.4, 0.5) is 23.7 Å². The van der Waals surface area contributed by atoms with Gasteiger partial charge in [0.1, 0.15) is 12.4 Å². The first-order valence-corrected chi connectivity index (χ1v) is 11.7. The highest BCUT2D eigenvalue weighted by Gasteiger charge is 2.39. The number of para-hydroxylation sites is 1. The number of cyclic esters (lactones) is 1. The summed E-state index contributed by atoms with van der Waals surface area (Å²) < 4.78 is 73.5. The molecule has 1 saturated heterocycles. The molecule has 1 fully saturated rings. The van der Waals surface area contributed by atoms with Gasteiger partial charge < -0.3 is 9.47 Å². The molecule has 0 aromatic heterocycles. The number of benzene rings is 1. The first-order valence-electron chi connectivity index (χ1n) is 10.2. The number of halogens is 3. The highest BCUT2D eigenvalue weighted by Crippen LogP contribution is 2.35. The third-order valence-electron chi connectivity index (χ3n) is 5.90. The molecule has 3 aliphatic rings. The molecule has 174 valence electrons. The van der Waals surface area contributed by atoms with E-state index in [-0.39, 0.29) is 32.2 Å². The maximum Gasteiger partial charge on any atom is 0.573 e. The molecular formula is C21H23F3N2O5S. The van der Waals surface area contributed by atoms with E-state index in [9.17, 15) is 26.4 Å². The molecule has 0 bridgehead atoms. The van der Waals surface area contributed by atoms with E-state index < -0.39 is 33.5 Å². The Labute approximate surface area is 184 Å². The Bertz CT molecular complexity index is 1060. The van der Waals surface area contributed by atoms with Gasteiger partial charge in [-0.2, -0.15) is 0 Å². The Kier molecular flexibility index (Phi) is 5.97. The Morgan fingerprint density at radius 2 is 1.91 bits per heavy atom. The van der Waals surface area contributed by atoms with Crippen molar-refractivity contribution in [1.29, 1.82) is 0 Å². The third kappa shape index (κ3) is 4.49. The highest BCUT2D eigenvalue weighted by atomic mass is 32.2. The van der Waals surface area contributed by atoms with Gasteiger partial charge in [0.2, 0.25) is 10.0 Å². The first-order chi connectivity index (χ1) is 15.1. The van der Waals surface area contributed by atoms with Gasteiger partial charge in [-0.25, -0.2) is 17.5 Å². The molecule has 1 aromatic rings. The van der Waals surface area contributed by atoms with Crippen molar-refractivity contribution < 1.29 is 35.9 Å². The van der Waals surface area contributed by atoms with Gasteiger partial charge in [0.15, 0.2) is 0 Å². The largest absolute Gasteiger partial charge is 0.573 e. The number of nitrogens with zero attached hydrogens (tertiary/aromatic N) is 2. The molecular weight excluding hydrogens is 449 g/mol. The number of amides is 1. The maximum absolute atomic E-state index is 13.0. The van der Waals surface area contributed by atoms with Crippen molar-refractivity contribution in [3.63, 3.8) is 0 Å². The number of allylic oxidation sites excluding steroid dienone is 2. The van der Waals surface area contributed by atoms with Crippen molar-refractivity contribution in [2.75, 3.05) is 18.0 Å². The topological polar surface area (TPSA) is 76.2 Å². The average Bonchev–Trinajstić information content (AvgIpc) is 2.74. The van der Waals surface area contributed by atoms with Crippen LogP contribution in [0.15, 0.2) is 42.2 Å². The van der Waals surface area contributed by atoms with Crippen LogP contribution in [0.5, 0.6) is 0 Å². The second-order valence-electron chi connectivity index (χ2n) is 7.97. The minimum Gasteiger partial charge on any atom is -0.444 e. The summed E-state index contributed by atoms with van der Waals surface area (Å²) in [7, 11) is -3.76. The van der Waals surface area contributed by atoms with Gasteiger partial charge in [0.25, 0.3) is 0 Å². The number of anilines is 1. The van der Waals surface area contributed by atoms with E-state index in [4.69, 9.17) is 4.74 Å². The van der Waals surface area contributed by atoms with Gasteiger partial charge >= 0.3 is 12.5 Å². The summed E-state index contributed by atoms with van der Waals surface area (Å²) in [4.78, 5) is 14.2. The van der Waals surface area contributed by atoms with Crippen LogP contribution in [0.3, 0.4) is 0 Å². The zero-order valence-corrected chi connectivity index (χ0v) is 18.2. The van der Waals surface area contributed by atoms with E-state index in [1.165, 1.54) is 10.4 Å². The molecule has 1 unspecified atom stereocenters. The van der Waals surface area contributed by atoms with E-state index in [2.05, 4.69) is 4.74 Å². The molecule has 0 N–H and O–H groups in total. The quantitative estimate of drug-likeness (QED) is 0.662. The zero-order valence-electron chi connectivity index (χ0n) is 17.3. The average molecular weight is 472 g/mol. The van der Waals surface area contributed by atoms with Gasteiger partial charge in [-0.15, -0.1) is 13.2 Å². The van der Waals surface area contributed by atoms with Gasteiger partial charge in [0, 0.05) is 24.7 Å². The number of sulfonamides is 1. The second-order valence-corrected chi connectivity index (χ2v) is 10.1. The lowest BCUT2D eigenvalue weighted by Crippen LogP contribution is -2.52. The molecule has 1 amide bonds. The Hall–Kier alpha value is -2.53. The molecule has 2 heterocycles. The predicted octanol–water partition coefficient (Wildman–Crippen LogP) is 3.99. The monoisotopic (exact) mass is 472 g/mol. The summed E-state index contributed by atoms with van der Waals surface area (Å²) in [5, 5.41) is -0.956. The molecule has 1 atom stereocenters. The standard InChI is InChI=1S/C21H23F3N2O5S/c1-14-3-2-4-15-13-30-20(27)26(19(14)15)16-9-11-25(12-10-16)32(28,29)18-7-5-17(6-8-18)31-21(22,23)24/h2-7,16,18H,8-13H2,1H3. The second kappa shape index (κ2) is 8.43. The normalized spacial score (nSPS) is 22.9. The Morgan fingerprint density at radius 3 is 2.53 bits per heavy atom. The molecule has 1 aliphatic carbocycles. The van der Waals surface area contributed by atoms with Crippen LogP contribution in [0.1, 0.15) is 30.4 Å². The molecule has 11 heteroatoms. The number of piperidine rings is 1. The van der Waals surface area contributed by atoms with Gasteiger partial charge in [-0.3, -0.25) is 4.90 Å². The van der Waals surface area contributed by atoms with Gasteiger partial charge in [0.05, 0.1) is 10.9 Å². The number of fused-ring (bicyclic) bond motifs is 1. The summed E-state index contributed by atoms with van der Waals surface area (Å²) in [6.45, 7) is 2.54. The van der Waals surface area contributed by atoms with E-state index >= 15 is 0 Å². The lowest BCUT2D eigenvalue weighted by Gasteiger charge is -2.41. The van der Waals surface area contributed by atoms with Crippen molar-refractivity contribution in [2.45, 2.75) is 50.4 Å². The van der Waals surface area contributed by atoms with Crippen LogP contribution in [0, 0.1) is 6.92 Å². The lowest BCUT2D eigenvalue weighted by atomic mass is 10.00. The number of rotatable bonds is 4. The van der Waals surface area contributed by atoms with Crippen LogP contribution in [0.25, 0.3) is 0 Å². The molecule has 32 heavy (non-hydrogen) atoms. The number of alkyl halides is 3. The number of ether oxygens (including phenoxy) is 2. The molecule has 0 spiro atoms. The third-order valence-corrected chi connectivity index (χ3v) is 8.10. The van der Waals surface area contributed by atoms with Crippen LogP contribution in [-0.4, -0.2) is 49.6 Å². The number of carbonyl (C=O) groups is 1. The van der Waals surface area contributed by atoms with E-state index in [0.29, 0.717) is 12.8 Å². The Morgan fingerprint density at radius 1 is 1.19 bits per heavy atom.